The van der Waals surface area contributed by atoms with Gasteiger partial charge in [-0.3, -0.25) is 4.79 Å². The van der Waals surface area contributed by atoms with Gasteiger partial charge in [-0.25, -0.2) is 13.2 Å². The third kappa shape index (κ3) is 3.93. The molecule has 7 heteroatoms. The Kier molecular flexibility index (Phi) is 5.78. The lowest BCUT2D eigenvalue weighted by Crippen LogP contribution is -2.36. The highest BCUT2D eigenvalue weighted by Gasteiger charge is 2.19. The lowest BCUT2D eigenvalue weighted by atomic mass is 10.1. The summed E-state index contributed by atoms with van der Waals surface area (Å²) in [7, 11) is 1.43. The molecule has 106 valence electrons. The van der Waals surface area contributed by atoms with Crippen LogP contribution < -0.4 is 0 Å². The van der Waals surface area contributed by atoms with Crippen molar-refractivity contribution in [3.63, 3.8) is 0 Å². The zero-order valence-corrected chi connectivity index (χ0v) is 10.3. The van der Waals surface area contributed by atoms with Gasteiger partial charge in [0.1, 0.15) is 0 Å². The number of amides is 1. The molecule has 0 aliphatic rings. The summed E-state index contributed by atoms with van der Waals surface area (Å²) in [5.74, 6) is -5.19. The minimum Gasteiger partial charge on any atom is -0.395 e. The Hall–Kier alpha value is -1.60. The van der Waals surface area contributed by atoms with E-state index >= 15 is 0 Å². The van der Waals surface area contributed by atoms with E-state index in [0.29, 0.717) is 12.1 Å². The van der Waals surface area contributed by atoms with E-state index < -0.39 is 23.4 Å². The van der Waals surface area contributed by atoms with Crippen molar-refractivity contribution < 1.29 is 27.8 Å². The number of hydrogen-bond donors (Lipinski definition) is 1. The van der Waals surface area contributed by atoms with Gasteiger partial charge in [-0.2, -0.15) is 0 Å². The molecule has 0 saturated heterocycles. The van der Waals surface area contributed by atoms with Crippen LogP contribution in [0.4, 0.5) is 13.2 Å². The van der Waals surface area contributed by atoms with E-state index in [2.05, 4.69) is 0 Å². The van der Waals surface area contributed by atoms with E-state index in [1.807, 2.05) is 0 Å². The Morgan fingerprint density at radius 1 is 1.26 bits per heavy atom. The summed E-state index contributed by atoms with van der Waals surface area (Å²) in [5.41, 5.74) is -0.319. The van der Waals surface area contributed by atoms with Crippen LogP contribution in [0.15, 0.2) is 12.1 Å². The van der Waals surface area contributed by atoms with Gasteiger partial charge in [0.2, 0.25) is 0 Å². The summed E-state index contributed by atoms with van der Waals surface area (Å²) < 4.78 is 43.7. The summed E-state index contributed by atoms with van der Waals surface area (Å²) >= 11 is 0. The topological polar surface area (TPSA) is 49.8 Å². The number of aliphatic hydroxyl groups is 1. The largest absolute Gasteiger partial charge is 0.395 e. The molecule has 0 unspecified atom stereocenters. The Balaban J connectivity index is 2.95. The minimum atomic E-state index is -1.62. The van der Waals surface area contributed by atoms with Gasteiger partial charge in [-0.05, 0) is 12.1 Å². The molecule has 0 heterocycles. The molecule has 19 heavy (non-hydrogen) atoms. The van der Waals surface area contributed by atoms with Crippen molar-refractivity contribution in [3.05, 3.63) is 35.1 Å². The molecular weight excluding hydrogens is 263 g/mol. The fourth-order valence-electron chi connectivity index (χ4n) is 1.50. The lowest BCUT2D eigenvalue weighted by Gasteiger charge is -2.21. The highest BCUT2D eigenvalue weighted by atomic mass is 19.2. The second-order valence-corrected chi connectivity index (χ2v) is 3.76. The molecule has 0 atom stereocenters. The van der Waals surface area contributed by atoms with Gasteiger partial charge in [0.15, 0.2) is 17.5 Å². The maximum atomic E-state index is 13.0. The van der Waals surface area contributed by atoms with E-state index in [-0.39, 0.29) is 31.9 Å². The number of rotatable bonds is 6. The normalized spacial score (nSPS) is 10.6. The van der Waals surface area contributed by atoms with Crippen molar-refractivity contribution in [2.45, 2.75) is 0 Å². The van der Waals surface area contributed by atoms with Crippen LogP contribution in [0.25, 0.3) is 0 Å². The van der Waals surface area contributed by atoms with Gasteiger partial charge >= 0.3 is 0 Å². The van der Waals surface area contributed by atoms with Gasteiger partial charge in [-0.15, -0.1) is 0 Å². The molecule has 0 fully saturated rings. The fourth-order valence-corrected chi connectivity index (χ4v) is 1.50. The highest BCUT2D eigenvalue weighted by molar-refractivity contribution is 5.94. The highest BCUT2D eigenvalue weighted by Crippen LogP contribution is 2.15. The second-order valence-electron chi connectivity index (χ2n) is 3.76. The first-order chi connectivity index (χ1) is 9.01. The van der Waals surface area contributed by atoms with E-state index in [4.69, 9.17) is 9.84 Å². The standard InChI is InChI=1S/C12H14F3NO3/c1-19-5-3-16(2-4-17)12(18)8-6-9(13)11(15)10(14)7-8/h6-7,17H,2-5H2,1H3. The molecule has 4 nitrogen and oxygen atoms in total. The molecule has 0 aromatic heterocycles. The maximum absolute atomic E-state index is 13.0. The van der Waals surface area contributed by atoms with Gasteiger partial charge in [0.25, 0.3) is 5.91 Å². The van der Waals surface area contributed by atoms with Crippen molar-refractivity contribution >= 4 is 5.91 Å². The summed E-state index contributed by atoms with van der Waals surface area (Å²) in [6, 6.07) is 1.25. The lowest BCUT2D eigenvalue weighted by molar-refractivity contribution is 0.0655. The first-order valence-electron chi connectivity index (χ1n) is 5.54. The zero-order chi connectivity index (χ0) is 14.4. The van der Waals surface area contributed by atoms with E-state index in [1.54, 1.807) is 0 Å². The van der Waals surface area contributed by atoms with E-state index in [1.165, 1.54) is 7.11 Å². The fraction of sp³-hybridized carbons (Fsp3) is 0.417. The maximum Gasteiger partial charge on any atom is 0.254 e. The van der Waals surface area contributed by atoms with E-state index in [9.17, 15) is 18.0 Å². The van der Waals surface area contributed by atoms with Gasteiger partial charge in [0.05, 0.1) is 13.2 Å². The number of methoxy groups -OCH3 is 1. The quantitative estimate of drug-likeness (QED) is 0.794. The average molecular weight is 277 g/mol. The van der Waals surface area contributed by atoms with Crippen LogP contribution in [0.5, 0.6) is 0 Å². The van der Waals surface area contributed by atoms with Crippen LogP contribution in [0, 0.1) is 17.5 Å². The SMILES string of the molecule is COCCN(CCO)C(=O)c1cc(F)c(F)c(F)c1. The molecule has 1 aromatic rings. The molecule has 0 aliphatic heterocycles. The summed E-state index contributed by atoms with van der Waals surface area (Å²) in [5, 5.41) is 8.84. The number of ether oxygens (including phenoxy) is 1. The Labute approximate surface area is 108 Å². The van der Waals surface area contributed by atoms with Crippen LogP contribution in [0.1, 0.15) is 10.4 Å². The van der Waals surface area contributed by atoms with E-state index in [0.717, 1.165) is 4.90 Å². The molecule has 1 N–H and O–H groups in total. The number of nitrogens with zero attached hydrogens (tertiary/aromatic N) is 1. The molecule has 1 rings (SSSR count). The first-order valence-corrected chi connectivity index (χ1v) is 5.54. The Morgan fingerprint density at radius 2 is 1.84 bits per heavy atom. The van der Waals surface area contributed by atoms with Crippen LogP contribution in [0.2, 0.25) is 0 Å². The van der Waals surface area contributed by atoms with Crippen LogP contribution in [-0.4, -0.2) is 49.3 Å². The number of benzene rings is 1. The first kappa shape index (κ1) is 15.5. The summed E-state index contributed by atoms with van der Waals surface area (Å²) in [6.45, 7) is 0.0405. The van der Waals surface area contributed by atoms with Crippen molar-refractivity contribution in [2.75, 3.05) is 33.4 Å². The van der Waals surface area contributed by atoms with Crippen molar-refractivity contribution in [3.8, 4) is 0 Å². The molecule has 1 amide bonds. The number of halogens is 3. The Bertz CT molecular complexity index is 431. The predicted octanol–water partition coefficient (Wildman–Crippen LogP) is 1.18. The van der Waals surface area contributed by atoms with Crippen molar-refractivity contribution in [1.82, 2.24) is 4.90 Å². The monoisotopic (exact) mass is 277 g/mol. The number of carbonyl (C=O) groups excluding carboxylic acids is 1. The van der Waals surface area contributed by atoms with Crippen LogP contribution in [-0.2, 0) is 4.74 Å². The number of hydrogen-bond acceptors (Lipinski definition) is 3. The number of carbonyl (C=O) groups is 1. The molecule has 0 aliphatic carbocycles. The van der Waals surface area contributed by atoms with Crippen molar-refractivity contribution in [2.24, 2.45) is 0 Å². The molecule has 0 spiro atoms. The molecule has 0 saturated carbocycles. The Morgan fingerprint density at radius 3 is 2.32 bits per heavy atom. The second kappa shape index (κ2) is 7.10. The van der Waals surface area contributed by atoms with Gasteiger partial charge < -0.3 is 14.7 Å². The van der Waals surface area contributed by atoms with Crippen molar-refractivity contribution in [1.29, 1.82) is 0 Å². The molecule has 1 aromatic carbocycles. The molecule has 0 bridgehead atoms. The smallest absolute Gasteiger partial charge is 0.254 e. The number of aliphatic hydroxyl groups excluding tert-OH is 1. The summed E-state index contributed by atoms with van der Waals surface area (Å²) in [4.78, 5) is 13.1. The molecular formula is C12H14F3NO3. The minimum absolute atomic E-state index is 0.0111. The third-order valence-electron chi connectivity index (χ3n) is 2.45. The summed E-state index contributed by atoms with van der Waals surface area (Å²) in [6.07, 6.45) is 0. The van der Waals surface area contributed by atoms with Gasteiger partial charge in [-0.1, -0.05) is 0 Å². The van der Waals surface area contributed by atoms with Gasteiger partial charge in [0, 0.05) is 25.8 Å². The predicted molar refractivity (Wildman–Crippen MR) is 61.2 cm³/mol. The third-order valence-corrected chi connectivity index (χ3v) is 2.45. The average Bonchev–Trinajstić information content (AvgIpc) is 2.39. The van der Waals surface area contributed by atoms with Crippen LogP contribution in [0.3, 0.4) is 0 Å². The van der Waals surface area contributed by atoms with Crippen LogP contribution >= 0.6 is 0 Å². The zero-order valence-electron chi connectivity index (χ0n) is 10.3. The molecule has 0 radical (unpaired) electrons.